The molecule has 5 heteroatoms. The third-order valence-corrected chi connectivity index (χ3v) is 4.85. The minimum atomic E-state index is -0.190. The maximum absolute atomic E-state index is 12.5. The van der Waals surface area contributed by atoms with Crippen molar-refractivity contribution in [1.82, 2.24) is 4.98 Å². The summed E-state index contributed by atoms with van der Waals surface area (Å²) in [7, 11) is 0. The number of aryl methyl sites for hydroxylation is 1. The van der Waals surface area contributed by atoms with Gasteiger partial charge >= 0.3 is 0 Å². The summed E-state index contributed by atoms with van der Waals surface area (Å²) in [5.41, 5.74) is 2.97. The number of piperidine rings is 1. The Morgan fingerprint density at radius 3 is 2.68 bits per heavy atom. The maximum atomic E-state index is 12.5. The number of aliphatic hydroxyl groups excluding tert-OH is 1. The van der Waals surface area contributed by atoms with E-state index in [4.69, 9.17) is 0 Å². The Morgan fingerprint density at radius 1 is 1.28 bits per heavy atom. The molecule has 0 radical (unpaired) electrons. The molecule has 1 saturated heterocycles. The number of rotatable bonds is 4. The van der Waals surface area contributed by atoms with Crippen LogP contribution < -0.4 is 10.2 Å². The summed E-state index contributed by atoms with van der Waals surface area (Å²) < 4.78 is 0. The van der Waals surface area contributed by atoms with Gasteiger partial charge in [0, 0.05) is 25.0 Å². The summed E-state index contributed by atoms with van der Waals surface area (Å²) in [6, 6.07) is 9.27. The molecule has 1 fully saturated rings. The number of anilines is 2. The Hall–Kier alpha value is -2.40. The van der Waals surface area contributed by atoms with Gasteiger partial charge in [-0.05, 0) is 55.0 Å². The molecule has 0 bridgehead atoms. The number of carbonyl (C=O) groups excluding carboxylic acids is 1. The molecule has 1 amide bonds. The fraction of sp³-hybridized carbons (Fsp3) is 0.400. The Morgan fingerprint density at radius 2 is 2.04 bits per heavy atom. The highest BCUT2D eigenvalue weighted by molar-refractivity contribution is 6.04. The smallest absolute Gasteiger partial charge is 0.257 e. The van der Waals surface area contributed by atoms with Crippen LogP contribution in [0.2, 0.25) is 0 Å². The summed E-state index contributed by atoms with van der Waals surface area (Å²) in [5.74, 6) is 1.52. The van der Waals surface area contributed by atoms with Crippen molar-refractivity contribution in [3.63, 3.8) is 0 Å². The number of aromatic nitrogens is 1. The van der Waals surface area contributed by atoms with E-state index in [1.165, 1.54) is 12.8 Å². The predicted octanol–water partition coefficient (Wildman–Crippen LogP) is 3.37. The monoisotopic (exact) mass is 339 g/mol. The molecule has 0 saturated carbocycles. The van der Waals surface area contributed by atoms with E-state index in [1.807, 2.05) is 31.2 Å². The van der Waals surface area contributed by atoms with Crippen molar-refractivity contribution in [3.8, 4) is 0 Å². The van der Waals surface area contributed by atoms with Crippen molar-refractivity contribution in [3.05, 3.63) is 53.2 Å². The minimum Gasteiger partial charge on any atom is -0.392 e. The fourth-order valence-corrected chi connectivity index (χ4v) is 3.04. The first-order valence-electron chi connectivity index (χ1n) is 8.79. The van der Waals surface area contributed by atoms with Crippen LogP contribution in [-0.2, 0) is 6.61 Å². The van der Waals surface area contributed by atoms with Crippen LogP contribution >= 0.6 is 0 Å². The molecule has 3 rings (SSSR count). The number of hydrogen-bond acceptors (Lipinski definition) is 4. The van der Waals surface area contributed by atoms with Crippen LogP contribution in [0.4, 0.5) is 11.5 Å². The summed E-state index contributed by atoms with van der Waals surface area (Å²) in [6.07, 6.45) is 4.00. The zero-order chi connectivity index (χ0) is 17.8. The van der Waals surface area contributed by atoms with Crippen LogP contribution in [0.1, 0.15) is 41.3 Å². The normalized spacial score (nSPS) is 15.2. The van der Waals surface area contributed by atoms with Crippen molar-refractivity contribution in [2.45, 2.75) is 33.3 Å². The highest BCUT2D eigenvalue weighted by atomic mass is 16.3. The lowest BCUT2D eigenvalue weighted by molar-refractivity contribution is 0.102. The Balaban J connectivity index is 1.69. The molecule has 1 aliphatic heterocycles. The molecule has 25 heavy (non-hydrogen) atoms. The molecule has 2 N–H and O–H groups in total. The number of nitrogens with zero attached hydrogens (tertiary/aromatic N) is 2. The molecule has 0 unspecified atom stereocenters. The second-order valence-electron chi connectivity index (χ2n) is 6.84. The minimum absolute atomic E-state index is 0.0478. The maximum Gasteiger partial charge on any atom is 0.257 e. The lowest BCUT2D eigenvalue weighted by atomic mass is 9.99. The van der Waals surface area contributed by atoms with E-state index in [0.717, 1.165) is 36.0 Å². The Labute approximate surface area is 148 Å². The van der Waals surface area contributed by atoms with E-state index in [9.17, 15) is 9.90 Å². The molecule has 132 valence electrons. The van der Waals surface area contributed by atoms with Gasteiger partial charge in [0.05, 0.1) is 12.2 Å². The molecule has 0 atom stereocenters. The van der Waals surface area contributed by atoms with Gasteiger partial charge in [-0.2, -0.15) is 0 Å². The van der Waals surface area contributed by atoms with Gasteiger partial charge in [-0.25, -0.2) is 4.98 Å². The Bertz CT molecular complexity index is 735. The average Bonchev–Trinajstić information content (AvgIpc) is 2.64. The lowest BCUT2D eigenvalue weighted by Crippen LogP contribution is -2.33. The molecule has 5 nitrogen and oxygen atoms in total. The van der Waals surface area contributed by atoms with Crippen molar-refractivity contribution >= 4 is 17.4 Å². The molecule has 2 heterocycles. The van der Waals surface area contributed by atoms with Crippen LogP contribution in [-0.4, -0.2) is 29.1 Å². The second kappa shape index (κ2) is 7.66. The van der Waals surface area contributed by atoms with Crippen LogP contribution in [0, 0.1) is 12.8 Å². The Kier molecular flexibility index (Phi) is 5.34. The van der Waals surface area contributed by atoms with Gasteiger partial charge in [0.15, 0.2) is 0 Å². The van der Waals surface area contributed by atoms with Crippen LogP contribution in [0.15, 0.2) is 36.5 Å². The van der Waals surface area contributed by atoms with E-state index >= 15 is 0 Å². The van der Waals surface area contributed by atoms with Gasteiger partial charge in [0.1, 0.15) is 5.82 Å². The molecule has 1 aromatic carbocycles. The number of carbonyl (C=O) groups is 1. The lowest BCUT2D eigenvalue weighted by Gasteiger charge is -2.31. The molecule has 1 aromatic heterocycles. The average molecular weight is 339 g/mol. The first kappa shape index (κ1) is 17.4. The number of pyridine rings is 1. The highest BCUT2D eigenvalue weighted by Crippen LogP contribution is 2.22. The molecule has 2 aromatic rings. The number of amides is 1. The van der Waals surface area contributed by atoms with E-state index in [-0.39, 0.29) is 12.5 Å². The van der Waals surface area contributed by atoms with Gasteiger partial charge in [-0.15, -0.1) is 0 Å². The van der Waals surface area contributed by atoms with Gasteiger partial charge in [0.2, 0.25) is 0 Å². The molecular formula is C20H25N3O2. The summed E-state index contributed by atoms with van der Waals surface area (Å²) in [4.78, 5) is 19.2. The van der Waals surface area contributed by atoms with Gasteiger partial charge in [0.25, 0.3) is 5.91 Å². The van der Waals surface area contributed by atoms with Crippen molar-refractivity contribution in [1.29, 1.82) is 0 Å². The highest BCUT2D eigenvalue weighted by Gasteiger charge is 2.17. The number of benzene rings is 1. The van der Waals surface area contributed by atoms with E-state index in [1.54, 1.807) is 12.3 Å². The second-order valence-corrected chi connectivity index (χ2v) is 6.84. The number of nitrogens with one attached hydrogen (secondary N) is 1. The standard InChI is InChI=1S/C20H25N3O2/c1-14-7-9-23(10-8-14)19-6-5-17(12-21-19)20(25)22-18-11-16(13-24)4-3-15(18)2/h3-6,11-12,14,24H,7-10,13H2,1-2H3,(H,22,25). The van der Waals surface area contributed by atoms with Gasteiger partial charge < -0.3 is 15.3 Å². The number of aliphatic hydroxyl groups is 1. The van der Waals surface area contributed by atoms with Gasteiger partial charge in [-0.3, -0.25) is 4.79 Å². The van der Waals surface area contributed by atoms with E-state index in [2.05, 4.69) is 22.1 Å². The quantitative estimate of drug-likeness (QED) is 0.896. The summed E-state index contributed by atoms with van der Waals surface area (Å²) in [5, 5.41) is 12.1. The zero-order valence-electron chi connectivity index (χ0n) is 14.8. The molecule has 0 aliphatic carbocycles. The van der Waals surface area contributed by atoms with Gasteiger partial charge in [-0.1, -0.05) is 19.1 Å². The van der Waals surface area contributed by atoms with E-state index < -0.39 is 0 Å². The van der Waals surface area contributed by atoms with Crippen LogP contribution in [0.3, 0.4) is 0 Å². The number of hydrogen-bond donors (Lipinski definition) is 2. The first-order valence-corrected chi connectivity index (χ1v) is 8.79. The van der Waals surface area contributed by atoms with E-state index in [0.29, 0.717) is 11.3 Å². The third-order valence-electron chi connectivity index (χ3n) is 4.85. The summed E-state index contributed by atoms with van der Waals surface area (Å²) >= 11 is 0. The summed E-state index contributed by atoms with van der Waals surface area (Å²) in [6.45, 7) is 6.20. The fourth-order valence-electron chi connectivity index (χ4n) is 3.04. The predicted molar refractivity (Wildman–Crippen MR) is 99.9 cm³/mol. The van der Waals surface area contributed by atoms with Crippen molar-refractivity contribution in [2.75, 3.05) is 23.3 Å². The van der Waals surface area contributed by atoms with Crippen molar-refractivity contribution in [2.24, 2.45) is 5.92 Å². The third kappa shape index (κ3) is 4.17. The SMILES string of the molecule is Cc1ccc(CO)cc1NC(=O)c1ccc(N2CCC(C)CC2)nc1. The van der Waals surface area contributed by atoms with Crippen molar-refractivity contribution < 1.29 is 9.90 Å². The zero-order valence-corrected chi connectivity index (χ0v) is 14.8. The first-order chi connectivity index (χ1) is 12.1. The topological polar surface area (TPSA) is 65.5 Å². The molecule has 0 spiro atoms. The van der Waals surface area contributed by atoms with Crippen LogP contribution in [0.25, 0.3) is 0 Å². The molecular weight excluding hydrogens is 314 g/mol. The largest absolute Gasteiger partial charge is 0.392 e. The van der Waals surface area contributed by atoms with Crippen LogP contribution in [0.5, 0.6) is 0 Å². The molecule has 1 aliphatic rings.